The first-order chi connectivity index (χ1) is 15.0. The van der Waals surface area contributed by atoms with Gasteiger partial charge in [0.25, 0.3) is 5.91 Å². The molecular formula is C23H23N5O2S. The van der Waals surface area contributed by atoms with E-state index < -0.39 is 0 Å². The molecule has 1 fully saturated rings. The van der Waals surface area contributed by atoms with Gasteiger partial charge in [0.05, 0.1) is 45.9 Å². The maximum atomic E-state index is 12.8. The normalized spacial score (nSPS) is 14.9. The van der Waals surface area contributed by atoms with Crippen LogP contribution in [0.2, 0.25) is 0 Å². The summed E-state index contributed by atoms with van der Waals surface area (Å²) >= 11 is 1.49. The van der Waals surface area contributed by atoms with Gasteiger partial charge in [-0.15, -0.1) is 0 Å². The molecule has 3 heterocycles. The molecular weight excluding hydrogens is 410 g/mol. The summed E-state index contributed by atoms with van der Waals surface area (Å²) in [7, 11) is 0. The number of nitrogens with one attached hydrogen (secondary N) is 1. The van der Waals surface area contributed by atoms with Crippen LogP contribution >= 0.6 is 11.3 Å². The molecule has 2 aromatic carbocycles. The number of hydrogen-bond donors (Lipinski definition) is 1. The molecule has 0 spiro atoms. The van der Waals surface area contributed by atoms with Crippen LogP contribution in [0.3, 0.4) is 0 Å². The number of rotatable bonds is 4. The average molecular weight is 434 g/mol. The molecule has 158 valence electrons. The number of ether oxygens (including phenoxy) is 1. The Labute approximate surface area is 184 Å². The van der Waals surface area contributed by atoms with Crippen molar-refractivity contribution >= 4 is 43.6 Å². The van der Waals surface area contributed by atoms with E-state index in [1.54, 1.807) is 12.1 Å². The molecule has 4 aromatic rings. The number of carbonyl (C=O) groups excluding carboxylic acids is 1. The van der Waals surface area contributed by atoms with Gasteiger partial charge in [0.2, 0.25) is 0 Å². The van der Waals surface area contributed by atoms with Crippen LogP contribution in [0.1, 0.15) is 27.3 Å². The van der Waals surface area contributed by atoms with Crippen molar-refractivity contribution in [3.63, 3.8) is 0 Å². The van der Waals surface area contributed by atoms with Crippen LogP contribution < -0.4 is 5.32 Å². The van der Waals surface area contributed by atoms with E-state index >= 15 is 0 Å². The van der Waals surface area contributed by atoms with Crippen molar-refractivity contribution in [3.8, 4) is 0 Å². The zero-order valence-electron chi connectivity index (χ0n) is 17.5. The van der Waals surface area contributed by atoms with Crippen molar-refractivity contribution in [1.82, 2.24) is 19.9 Å². The van der Waals surface area contributed by atoms with Crippen molar-refractivity contribution in [2.45, 2.75) is 20.4 Å². The third-order valence-electron chi connectivity index (χ3n) is 5.52. The number of amides is 1. The molecule has 1 N–H and O–H groups in total. The summed E-state index contributed by atoms with van der Waals surface area (Å²) in [6, 6.07) is 11.7. The molecule has 0 saturated carbocycles. The lowest BCUT2D eigenvalue weighted by molar-refractivity contribution is 0.0342. The van der Waals surface area contributed by atoms with Crippen LogP contribution in [0.4, 0.5) is 5.13 Å². The fraction of sp³-hybridized carbons (Fsp3) is 0.304. The average Bonchev–Trinajstić information content (AvgIpc) is 3.16. The second-order valence-electron chi connectivity index (χ2n) is 7.76. The molecule has 1 saturated heterocycles. The van der Waals surface area contributed by atoms with Crippen LogP contribution in [0.15, 0.2) is 36.4 Å². The number of aromatic nitrogens is 3. The topological polar surface area (TPSA) is 80.2 Å². The minimum atomic E-state index is -0.200. The second kappa shape index (κ2) is 8.30. The predicted molar refractivity (Wildman–Crippen MR) is 123 cm³/mol. The molecule has 0 radical (unpaired) electrons. The van der Waals surface area contributed by atoms with Gasteiger partial charge in [-0.2, -0.15) is 0 Å². The maximum absolute atomic E-state index is 12.8. The van der Waals surface area contributed by atoms with Gasteiger partial charge in [-0.25, -0.2) is 15.0 Å². The van der Waals surface area contributed by atoms with Crippen molar-refractivity contribution in [1.29, 1.82) is 0 Å². The summed E-state index contributed by atoms with van der Waals surface area (Å²) < 4.78 is 6.49. The number of thiazole rings is 1. The SMILES string of the molecule is Cc1nc2ccc(C(=O)Nc3nc4ccc(CN5CCOCC5)cc4s3)cc2nc1C. The van der Waals surface area contributed by atoms with Crippen molar-refractivity contribution in [2.24, 2.45) is 0 Å². The van der Waals surface area contributed by atoms with Gasteiger partial charge in [-0.3, -0.25) is 15.0 Å². The Kier molecular flexibility index (Phi) is 5.35. The van der Waals surface area contributed by atoms with E-state index in [4.69, 9.17) is 4.74 Å². The molecule has 7 nitrogen and oxygen atoms in total. The highest BCUT2D eigenvalue weighted by Crippen LogP contribution is 2.28. The Morgan fingerprint density at radius 3 is 2.55 bits per heavy atom. The lowest BCUT2D eigenvalue weighted by Gasteiger charge is -2.26. The van der Waals surface area contributed by atoms with Gasteiger partial charge < -0.3 is 4.74 Å². The standard InChI is InChI=1S/C23H23N5O2S/c1-14-15(2)25-20-12-17(4-6-18(20)24-14)22(29)27-23-26-19-5-3-16(11-21(19)31-23)13-28-7-9-30-10-8-28/h3-6,11-12H,7-10,13H2,1-2H3,(H,26,27,29). The van der Waals surface area contributed by atoms with Crippen LogP contribution in [0, 0.1) is 13.8 Å². The van der Waals surface area contributed by atoms with Gasteiger partial charge in [0.15, 0.2) is 5.13 Å². The quantitative estimate of drug-likeness (QED) is 0.525. The van der Waals surface area contributed by atoms with Crippen LogP contribution in [-0.4, -0.2) is 52.1 Å². The summed E-state index contributed by atoms with van der Waals surface area (Å²) in [4.78, 5) is 28.8. The van der Waals surface area contributed by atoms with Gasteiger partial charge in [-0.1, -0.05) is 17.4 Å². The lowest BCUT2D eigenvalue weighted by Crippen LogP contribution is -2.35. The highest BCUT2D eigenvalue weighted by atomic mass is 32.1. The summed E-state index contributed by atoms with van der Waals surface area (Å²) in [6.07, 6.45) is 0. The van der Waals surface area contributed by atoms with Gasteiger partial charge >= 0.3 is 0 Å². The first kappa shape index (κ1) is 20.0. The summed E-state index contributed by atoms with van der Waals surface area (Å²) in [5.41, 5.74) is 5.94. The number of nitrogens with zero attached hydrogens (tertiary/aromatic N) is 4. The summed E-state index contributed by atoms with van der Waals surface area (Å²) in [5.74, 6) is -0.200. The maximum Gasteiger partial charge on any atom is 0.257 e. The molecule has 2 aromatic heterocycles. The highest BCUT2D eigenvalue weighted by Gasteiger charge is 2.14. The second-order valence-corrected chi connectivity index (χ2v) is 8.79. The minimum absolute atomic E-state index is 0.200. The summed E-state index contributed by atoms with van der Waals surface area (Å²) in [6.45, 7) is 8.24. The minimum Gasteiger partial charge on any atom is -0.379 e. The van der Waals surface area contributed by atoms with E-state index in [2.05, 4.69) is 37.3 Å². The van der Waals surface area contributed by atoms with E-state index in [-0.39, 0.29) is 5.91 Å². The first-order valence-corrected chi connectivity index (χ1v) is 11.1. The van der Waals surface area contributed by atoms with Crippen molar-refractivity contribution in [3.05, 3.63) is 58.9 Å². The Bertz CT molecular complexity index is 1280. The zero-order valence-corrected chi connectivity index (χ0v) is 18.3. The van der Waals surface area contributed by atoms with Gasteiger partial charge in [0, 0.05) is 25.2 Å². The Hall–Kier alpha value is -2.94. The van der Waals surface area contributed by atoms with Crippen LogP contribution in [-0.2, 0) is 11.3 Å². The van der Waals surface area contributed by atoms with Crippen molar-refractivity contribution in [2.75, 3.05) is 31.6 Å². The van der Waals surface area contributed by atoms with E-state index in [0.717, 1.165) is 60.0 Å². The van der Waals surface area contributed by atoms with Gasteiger partial charge in [-0.05, 0) is 49.7 Å². The smallest absolute Gasteiger partial charge is 0.257 e. The van der Waals surface area contributed by atoms with E-state index in [1.165, 1.54) is 16.9 Å². The van der Waals surface area contributed by atoms with Crippen LogP contribution in [0.25, 0.3) is 21.3 Å². The fourth-order valence-electron chi connectivity index (χ4n) is 3.68. The van der Waals surface area contributed by atoms with E-state index in [1.807, 2.05) is 26.0 Å². The van der Waals surface area contributed by atoms with Crippen LogP contribution in [0.5, 0.6) is 0 Å². The molecule has 1 aliphatic rings. The van der Waals surface area contributed by atoms with E-state index in [0.29, 0.717) is 16.2 Å². The monoisotopic (exact) mass is 433 g/mol. The molecule has 0 aliphatic carbocycles. The zero-order chi connectivity index (χ0) is 21.4. The Morgan fingerprint density at radius 1 is 1.00 bits per heavy atom. The highest BCUT2D eigenvalue weighted by molar-refractivity contribution is 7.22. The molecule has 31 heavy (non-hydrogen) atoms. The number of carbonyl (C=O) groups is 1. The molecule has 8 heteroatoms. The fourth-order valence-corrected chi connectivity index (χ4v) is 4.60. The number of anilines is 1. The third kappa shape index (κ3) is 4.27. The van der Waals surface area contributed by atoms with Gasteiger partial charge in [0.1, 0.15) is 0 Å². The largest absolute Gasteiger partial charge is 0.379 e. The predicted octanol–water partition coefficient (Wildman–Crippen LogP) is 3.94. The Balaban J connectivity index is 1.34. The Morgan fingerprint density at radius 2 is 1.74 bits per heavy atom. The number of hydrogen-bond acceptors (Lipinski definition) is 7. The molecule has 1 amide bonds. The molecule has 0 atom stereocenters. The number of fused-ring (bicyclic) bond motifs is 2. The third-order valence-corrected chi connectivity index (χ3v) is 6.45. The molecule has 0 unspecified atom stereocenters. The number of aryl methyl sites for hydroxylation is 2. The molecule has 5 rings (SSSR count). The molecule has 1 aliphatic heterocycles. The lowest BCUT2D eigenvalue weighted by atomic mass is 10.1. The number of benzene rings is 2. The number of morpholine rings is 1. The first-order valence-electron chi connectivity index (χ1n) is 10.3. The molecule has 0 bridgehead atoms. The summed E-state index contributed by atoms with van der Waals surface area (Å²) in [5, 5.41) is 3.52. The van der Waals surface area contributed by atoms with E-state index in [9.17, 15) is 4.79 Å². The van der Waals surface area contributed by atoms with Crippen molar-refractivity contribution < 1.29 is 9.53 Å².